The smallest absolute Gasteiger partial charge is 0.224 e. The van der Waals surface area contributed by atoms with Crippen molar-refractivity contribution in [2.45, 2.75) is 32.1 Å². The molecule has 2 aliphatic rings. The van der Waals surface area contributed by atoms with Crippen molar-refractivity contribution in [3.05, 3.63) is 29.8 Å². The summed E-state index contributed by atoms with van der Waals surface area (Å²) in [5, 5.41) is 6.48. The molecule has 19 heavy (non-hydrogen) atoms. The third kappa shape index (κ3) is 2.98. The van der Waals surface area contributed by atoms with E-state index in [2.05, 4.69) is 22.8 Å². The van der Waals surface area contributed by atoms with E-state index in [1.165, 1.54) is 18.4 Å². The first-order valence-corrected chi connectivity index (χ1v) is 7.41. The minimum Gasteiger partial charge on any atom is -0.326 e. The number of piperidine rings is 1. The van der Waals surface area contributed by atoms with Gasteiger partial charge in [0.15, 0.2) is 0 Å². The van der Waals surface area contributed by atoms with Gasteiger partial charge in [0, 0.05) is 12.1 Å². The van der Waals surface area contributed by atoms with Crippen molar-refractivity contribution < 1.29 is 4.79 Å². The number of amides is 1. The molecule has 1 amide bonds. The highest BCUT2D eigenvalue weighted by molar-refractivity contribution is 5.91. The number of rotatable bonds is 1. The zero-order valence-corrected chi connectivity index (χ0v) is 11.3. The number of aryl methyl sites for hydroxylation is 1. The van der Waals surface area contributed by atoms with Crippen molar-refractivity contribution in [3.8, 4) is 0 Å². The van der Waals surface area contributed by atoms with Crippen LogP contribution >= 0.6 is 0 Å². The Kier molecular flexibility index (Phi) is 3.83. The van der Waals surface area contributed by atoms with Crippen LogP contribution < -0.4 is 10.6 Å². The van der Waals surface area contributed by atoms with Crippen molar-refractivity contribution in [2.24, 2.45) is 11.8 Å². The monoisotopic (exact) mass is 258 g/mol. The Balaban J connectivity index is 1.75. The Morgan fingerprint density at radius 3 is 2.63 bits per heavy atom. The molecule has 102 valence electrons. The predicted octanol–water partition coefficient (Wildman–Crippen LogP) is 2.58. The lowest BCUT2D eigenvalue weighted by Gasteiger charge is -2.32. The minimum atomic E-state index is 0.190. The third-order valence-corrected chi connectivity index (χ3v) is 4.57. The van der Waals surface area contributed by atoms with Gasteiger partial charge in [-0.05, 0) is 62.2 Å². The van der Waals surface area contributed by atoms with E-state index >= 15 is 0 Å². The summed E-state index contributed by atoms with van der Waals surface area (Å²) in [5.74, 6) is 1.46. The minimum absolute atomic E-state index is 0.190. The molecule has 0 saturated carbocycles. The third-order valence-electron chi connectivity index (χ3n) is 4.57. The molecule has 1 atom stereocenters. The van der Waals surface area contributed by atoms with Crippen LogP contribution in [0.1, 0.15) is 31.2 Å². The second-order valence-electron chi connectivity index (χ2n) is 5.80. The molecule has 1 saturated heterocycles. The highest BCUT2D eigenvalue weighted by Crippen LogP contribution is 2.32. The molecule has 0 aliphatic carbocycles. The van der Waals surface area contributed by atoms with Crippen molar-refractivity contribution in [2.75, 3.05) is 18.4 Å². The first-order chi connectivity index (χ1) is 9.33. The van der Waals surface area contributed by atoms with E-state index in [0.717, 1.165) is 37.5 Å². The number of benzene rings is 1. The Morgan fingerprint density at radius 1 is 1.00 bits per heavy atom. The molecule has 2 aliphatic heterocycles. The van der Waals surface area contributed by atoms with Crippen LogP contribution in [0.5, 0.6) is 0 Å². The number of carbonyl (C=O) groups excluding carboxylic acids is 1. The number of hydrogen-bond donors (Lipinski definition) is 2. The maximum Gasteiger partial charge on any atom is 0.224 e. The fourth-order valence-electron chi connectivity index (χ4n) is 3.46. The Labute approximate surface area is 114 Å². The number of carbonyl (C=O) groups is 1. The van der Waals surface area contributed by atoms with Crippen LogP contribution in [-0.2, 0) is 11.2 Å². The number of hydrogen-bond acceptors (Lipinski definition) is 2. The van der Waals surface area contributed by atoms with Crippen molar-refractivity contribution in [1.82, 2.24) is 5.32 Å². The topological polar surface area (TPSA) is 41.1 Å². The average molecular weight is 258 g/mol. The summed E-state index contributed by atoms with van der Waals surface area (Å²) in [6, 6.07) is 8.20. The molecule has 1 aromatic rings. The van der Waals surface area contributed by atoms with Crippen molar-refractivity contribution >= 4 is 11.6 Å². The fraction of sp³-hybridized carbons (Fsp3) is 0.562. The normalized spacial score (nSPS) is 25.1. The zero-order chi connectivity index (χ0) is 13.1. The van der Waals surface area contributed by atoms with Gasteiger partial charge in [-0.1, -0.05) is 18.2 Å². The van der Waals surface area contributed by atoms with E-state index < -0.39 is 0 Å². The van der Waals surface area contributed by atoms with Crippen LogP contribution in [0.4, 0.5) is 5.69 Å². The Morgan fingerprint density at radius 2 is 1.79 bits per heavy atom. The molecular formula is C16H22N2O. The van der Waals surface area contributed by atoms with Gasteiger partial charge in [0.2, 0.25) is 5.91 Å². The van der Waals surface area contributed by atoms with Gasteiger partial charge in [0.1, 0.15) is 0 Å². The average Bonchev–Trinajstić information content (AvgIpc) is 2.43. The summed E-state index contributed by atoms with van der Waals surface area (Å²) >= 11 is 0. The summed E-state index contributed by atoms with van der Waals surface area (Å²) in [6.45, 7) is 2.22. The summed E-state index contributed by atoms with van der Waals surface area (Å²) in [6.07, 6.45) is 5.37. The maximum absolute atomic E-state index is 12.1. The first-order valence-electron chi connectivity index (χ1n) is 7.41. The summed E-state index contributed by atoms with van der Waals surface area (Å²) in [4.78, 5) is 12.1. The standard InChI is InChI=1S/C16H22N2O/c19-16-11-14(12-7-9-17-10-8-12)6-5-13-3-1-2-4-15(13)18-16/h1-4,12,14,17H,5-11H2,(H,18,19). The highest BCUT2D eigenvalue weighted by Gasteiger charge is 2.27. The largest absolute Gasteiger partial charge is 0.326 e. The lowest BCUT2D eigenvalue weighted by atomic mass is 9.78. The van der Waals surface area contributed by atoms with Crippen molar-refractivity contribution in [3.63, 3.8) is 0 Å². The lowest BCUT2D eigenvalue weighted by molar-refractivity contribution is -0.117. The molecule has 1 aromatic carbocycles. The van der Waals surface area contributed by atoms with Gasteiger partial charge in [-0.2, -0.15) is 0 Å². The van der Waals surface area contributed by atoms with Crippen LogP contribution in [0.3, 0.4) is 0 Å². The van der Waals surface area contributed by atoms with Gasteiger partial charge in [-0.15, -0.1) is 0 Å². The lowest BCUT2D eigenvalue weighted by Crippen LogP contribution is -2.34. The molecular weight excluding hydrogens is 236 g/mol. The van der Waals surface area contributed by atoms with E-state index in [4.69, 9.17) is 0 Å². The quantitative estimate of drug-likeness (QED) is 0.813. The summed E-state index contributed by atoms with van der Waals surface area (Å²) < 4.78 is 0. The fourth-order valence-corrected chi connectivity index (χ4v) is 3.46. The molecule has 1 unspecified atom stereocenters. The number of nitrogens with one attached hydrogen (secondary N) is 2. The summed E-state index contributed by atoms with van der Waals surface area (Å²) in [5.41, 5.74) is 2.30. The van der Waals surface area contributed by atoms with Crippen LogP contribution in [-0.4, -0.2) is 19.0 Å². The van der Waals surface area contributed by atoms with Crippen LogP contribution in [0.2, 0.25) is 0 Å². The predicted molar refractivity (Wildman–Crippen MR) is 77.1 cm³/mol. The van der Waals surface area contributed by atoms with Crippen molar-refractivity contribution in [1.29, 1.82) is 0 Å². The van der Waals surface area contributed by atoms with E-state index in [-0.39, 0.29) is 5.91 Å². The molecule has 2 N–H and O–H groups in total. The molecule has 1 fully saturated rings. The Bertz CT molecular complexity index is 452. The second-order valence-corrected chi connectivity index (χ2v) is 5.80. The van der Waals surface area contributed by atoms with Gasteiger partial charge >= 0.3 is 0 Å². The molecule has 0 spiro atoms. The van der Waals surface area contributed by atoms with Gasteiger partial charge in [-0.25, -0.2) is 0 Å². The molecule has 3 rings (SSSR count). The molecule has 0 bridgehead atoms. The SMILES string of the molecule is O=C1CC(C2CCNCC2)CCc2ccccc2N1. The first kappa shape index (κ1) is 12.7. The van der Waals surface area contributed by atoms with Crippen LogP contribution in [0.25, 0.3) is 0 Å². The van der Waals surface area contributed by atoms with Crippen LogP contribution in [0, 0.1) is 11.8 Å². The van der Waals surface area contributed by atoms with Gasteiger partial charge in [-0.3, -0.25) is 4.79 Å². The maximum atomic E-state index is 12.1. The number of anilines is 1. The van der Waals surface area contributed by atoms with Gasteiger partial charge in [0.25, 0.3) is 0 Å². The second kappa shape index (κ2) is 5.74. The van der Waals surface area contributed by atoms with Gasteiger partial charge in [0.05, 0.1) is 0 Å². The van der Waals surface area contributed by atoms with E-state index in [1.807, 2.05) is 12.1 Å². The highest BCUT2D eigenvalue weighted by atomic mass is 16.1. The Hall–Kier alpha value is -1.35. The number of para-hydroxylation sites is 1. The molecule has 0 aromatic heterocycles. The number of fused-ring (bicyclic) bond motifs is 1. The molecule has 2 heterocycles. The molecule has 0 radical (unpaired) electrons. The van der Waals surface area contributed by atoms with E-state index in [0.29, 0.717) is 12.3 Å². The van der Waals surface area contributed by atoms with E-state index in [9.17, 15) is 4.79 Å². The van der Waals surface area contributed by atoms with E-state index in [1.54, 1.807) is 0 Å². The van der Waals surface area contributed by atoms with Crippen LogP contribution in [0.15, 0.2) is 24.3 Å². The molecule has 3 heteroatoms. The molecule has 3 nitrogen and oxygen atoms in total. The summed E-state index contributed by atoms with van der Waals surface area (Å²) in [7, 11) is 0. The van der Waals surface area contributed by atoms with Gasteiger partial charge < -0.3 is 10.6 Å². The zero-order valence-electron chi connectivity index (χ0n) is 11.3.